The third-order valence-electron chi connectivity index (χ3n) is 10.4. The maximum Gasteiger partial charge on any atom is 0.0629 e. The predicted octanol–water partition coefficient (Wildman–Crippen LogP) is 12.5. The minimum atomic E-state index is 0.306. The number of hydrogen-bond donors (Lipinski definition) is 0. The number of anilines is 2. The molecule has 51 heavy (non-hydrogen) atoms. The molecule has 2 aliphatic rings. The highest BCUT2D eigenvalue weighted by molar-refractivity contribution is 6.09. The van der Waals surface area contributed by atoms with Crippen LogP contribution in [0.2, 0.25) is 0 Å². The van der Waals surface area contributed by atoms with Crippen LogP contribution in [-0.4, -0.2) is 10.6 Å². The van der Waals surface area contributed by atoms with E-state index in [-0.39, 0.29) is 0 Å². The summed E-state index contributed by atoms with van der Waals surface area (Å²) in [6.45, 7) is 4.14. The molecule has 2 heteroatoms. The molecule has 2 unspecified atom stereocenters. The van der Waals surface area contributed by atoms with Crippen LogP contribution < -0.4 is 4.90 Å². The van der Waals surface area contributed by atoms with Crippen LogP contribution in [0.1, 0.15) is 22.6 Å². The van der Waals surface area contributed by atoms with Crippen molar-refractivity contribution in [2.45, 2.75) is 18.4 Å². The molecule has 0 amide bonds. The average molecular weight is 655 g/mol. The van der Waals surface area contributed by atoms with Gasteiger partial charge in [-0.1, -0.05) is 152 Å². The lowest BCUT2D eigenvalue weighted by atomic mass is 9.91. The molecular weight excluding hydrogens is 617 g/mol. The number of aromatic nitrogens is 1. The Morgan fingerprint density at radius 3 is 2.08 bits per heavy atom. The second-order valence-corrected chi connectivity index (χ2v) is 13.3. The van der Waals surface area contributed by atoms with Crippen molar-refractivity contribution in [3.05, 3.63) is 217 Å². The number of rotatable bonds is 8. The Morgan fingerprint density at radius 2 is 1.31 bits per heavy atom. The van der Waals surface area contributed by atoms with Crippen LogP contribution >= 0.6 is 0 Å². The Hall–Kier alpha value is -6.38. The number of allylic oxidation sites excluding steroid dienone is 7. The molecule has 0 saturated heterocycles. The lowest BCUT2D eigenvalue weighted by Gasteiger charge is -2.28. The maximum atomic E-state index is 4.14. The van der Waals surface area contributed by atoms with E-state index in [1.165, 1.54) is 61.1 Å². The lowest BCUT2D eigenvalue weighted by Crippen LogP contribution is -2.28. The smallest absolute Gasteiger partial charge is 0.0629 e. The molecule has 0 bridgehead atoms. The van der Waals surface area contributed by atoms with Crippen LogP contribution in [0.25, 0.3) is 44.2 Å². The quantitative estimate of drug-likeness (QED) is 0.148. The van der Waals surface area contributed by atoms with E-state index in [0.717, 1.165) is 17.6 Å². The van der Waals surface area contributed by atoms with Crippen LogP contribution in [0.5, 0.6) is 0 Å². The second kappa shape index (κ2) is 13.2. The standard InChI is InChI=1S/C49H38N2/c1-2-36(15-4-3-14-35-26-30-40(31-27-35)50-46-22-9-5-18-42(46)43-19-6-10-23-47(43)50)38-16-13-17-39(34-38)37-28-32-41(33-29-37)51-48-24-11-7-20-44(48)45-21-8-12-25-49(45)51/h2-13,15-34,44,48H,1,14H2/b4-3-,36-15+. The van der Waals surface area contributed by atoms with Crippen molar-refractivity contribution in [3.63, 3.8) is 0 Å². The first kappa shape index (κ1) is 30.7. The minimum absolute atomic E-state index is 0.306. The van der Waals surface area contributed by atoms with Crippen molar-refractivity contribution in [1.82, 2.24) is 4.57 Å². The highest BCUT2D eigenvalue weighted by Crippen LogP contribution is 2.47. The van der Waals surface area contributed by atoms with E-state index in [2.05, 4.69) is 204 Å². The lowest BCUT2D eigenvalue weighted by molar-refractivity contribution is 0.745. The zero-order valence-electron chi connectivity index (χ0n) is 28.4. The average Bonchev–Trinajstić information content (AvgIpc) is 3.72. The van der Waals surface area contributed by atoms with Crippen LogP contribution in [-0.2, 0) is 6.42 Å². The van der Waals surface area contributed by atoms with Crippen molar-refractivity contribution < 1.29 is 0 Å². The molecule has 9 rings (SSSR count). The van der Waals surface area contributed by atoms with Crippen LogP contribution in [0.3, 0.4) is 0 Å². The second-order valence-electron chi connectivity index (χ2n) is 13.3. The van der Waals surface area contributed by atoms with Gasteiger partial charge in [-0.15, -0.1) is 0 Å². The van der Waals surface area contributed by atoms with E-state index in [1.807, 2.05) is 6.08 Å². The molecule has 1 aliphatic carbocycles. The molecule has 0 radical (unpaired) electrons. The Morgan fingerprint density at radius 1 is 0.627 bits per heavy atom. The van der Waals surface area contributed by atoms with Gasteiger partial charge < -0.3 is 9.47 Å². The molecular formula is C49H38N2. The van der Waals surface area contributed by atoms with Crippen molar-refractivity contribution in [2.75, 3.05) is 4.90 Å². The Kier molecular flexibility index (Phi) is 7.91. The summed E-state index contributed by atoms with van der Waals surface area (Å²) in [5.74, 6) is 0.388. The van der Waals surface area contributed by atoms with Gasteiger partial charge in [-0.25, -0.2) is 0 Å². The fourth-order valence-corrected chi connectivity index (χ4v) is 7.92. The van der Waals surface area contributed by atoms with E-state index in [0.29, 0.717) is 12.0 Å². The first-order chi connectivity index (χ1) is 25.3. The largest absolute Gasteiger partial charge is 0.333 e. The number of fused-ring (bicyclic) bond motifs is 6. The molecule has 1 aromatic heterocycles. The van der Waals surface area contributed by atoms with Crippen LogP contribution in [0.15, 0.2) is 201 Å². The highest BCUT2D eigenvalue weighted by Gasteiger charge is 2.36. The maximum absolute atomic E-state index is 4.14. The van der Waals surface area contributed by atoms with Gasteiger partial charge in [0.2, 0.25) is 0 Å². The zero-order valence-corrected chi connectivity index (χ0v) is 28.4. The Bertz CT molecular complexity index is 2470. The van der Waals surface area contributed by atoms with Gasteiger partial charge in [-0.3, -0.25) is 0 Å². The van der Waals surface area contributed by atoms with E-state index in [4.69, 9.17) is 0 Å². The summed E-state index contributed by atoms with van der Waals surface area (Å²) >= 11 is 0. The van der Waals surface area contributed by atoms with Crippen LogP contribution in [0.4, 0.5) is 11.4 Å². The molecule has 0 fully saturated rings. The third-order valence-corrected chi connectivity index (χ3v) is 10.4. The summed E-state index contributed by atoms with van der Waals surface area (Å²) in [7, 11) is 0. The van der Waals surface area contributed by atoms with Gasteiger partial charge >= 0.3 is 0 Å². The van der Waals surface area contributed by atoms with Crippen molar-refractivity contribution >= 4 is 38.8 Å². The summed E-state index contributed by atoms with van der Waals surface area (Å²) in [5, 5.41) is 2.57. The fraction of sp³-hybridized carbons (Fsp3) is 0.0612. The Balaban J connectivity index is 0.906. The SMILES string of the molecule is C=C/C(=C\C=C/Cc1ccc(-n2c3ccccc3c3ccccc32)cc1)c1cccc(-c2ccc(N3c4ccccc4C4C=CC=CC43)cc2)c1. The third kappa shape index (κ3) is 5.56. The summed E-state index contributed by atoms with van der Waals surface area (Å²) in [6, 6.07) is 53.1. The number of hydrogen-bond acceptors (Lipinski definition) is 1. The van der Waals surface area contributed by atoms with Gasteiger partial charge in [0.25, 0.3) is 0 Å². The predicted molar refractivity (Wildman–Crippen MR) is 217 cm³/mol. The molecule has 2 atom stereocenters. The molecule has 244 valence electrons. The van der Waals surface area contributed by atoms with E-state index >= 15 is 0 Å². The topological polar surface area (TPSA) is 8.17 Å². The van der Waals surface area contributed by atoms with Gasteiger partial charge in [-0.05, 0) is 88.3 Å². The molecule has 2 heterocycles. The molecule has 7 aromatic rings. The fourth-order valence-electron chi connectivity index (χ4n) is 7.92. The molecule has 2 nitrogen and oxygen atoms in total. The first-order valence-electron chi connectivity index (χ1n) is 17.8. The number of benzene rings is 6. The molecule has 1 aliphatic heterocycles. The summed E-state index contributed by atoms with van der Waals surface area (Å²) in [6.07, 6.45) is 18.3. The van der Waals surface area contributed by atoms with Crippen LogP contribution in [0, 0.1) is 0 Å². The Labute approximate surface area is 299 Å². The first-order valence-corrected chi connectivity index (χ1v) is 17.8. The van der Waals surface area contributed by atoms with Gasteiger partial charge in [0.1, 0.15) is 0 Å². The number of nitrogens with zero attached hydrogens (tertiary/aromatic N) is 2. The van der Waals surface area contributed by atoms with Gasteiger partial charge in [0, 0.05) is 33.8 Å². The summed E-state index contributed by atoms with van der Waals surface area (Å²) in [4.78, 5) is 2.48. The van der Waals surface area contributed by atoms with Gasteiger partial charge in [-0.2, -0.15) is 0 Å². The van der Waals surface area contributed by atoms with E-state index in [1.54, 1.807) is 0 Å². The van der Waals surface area contributed by atoms with Crippen molar-refractivity contribution in [3.8, 4) is 16.8 Å². The molecule has 0 saturated carbocycles. The molecule has 0 N–H and O–H groups in total. The highest BCUT2D eigenvalue weighted by atomic mass is 15.2. The van der Waals surface area contributed by atoms with E-state index < -0.39 is 0 Å². The summed E-state index contributed by atoms with van der Waals surface area (Å²) in [5.41, 5.74) is 13.5. The summed E-state index contributed by atoms with van der Waals surface area (Å²) < 4.78 is 2.36. The minimum Gasteiger partial charge on any atom is -0.333 e. The van der Waals surface area contributed by atoms with Crippen molar-refractivity contribution in [1.29, 1.82) is 0 Å². The monoisotopic (exact) mass is 654 g/mol. The zero-order chi connectivity index (χ0) is 34.1. The van der Waals surface area contributed by atoms with Crippen molar-refractivity contribution in [2.24, 2.45) is 0 Å². The molecule has 6 aromatic carbocycles. The number of para-hydroxylation sites is 3. The molecule has 0 spiro atoms. The van der Waals surface area contributed by atoms with Gasteiger partial charge in [0.15, 0.2) is 0 Å². The van der Waals surface area contributed by atoms with Gasteiger partial charge in [0.05, 0.1) is 17.1 Å². The normalized spacial score (nSPS) is 16.6. The van der Waals surface area contributed by atoms with E-state index in [9.17, 15) is 0 Å².